The lowest BCUT2D eigenvalue weighted by Gasteiger charge is -2.23. The molecule has 1 aromatic carbocycles. The van der Waals surface area contributed by atoms with Crippen LogP contribution in [0.2, 0.25) is 0 Å². The zero-order chi connectivity index (χ0) is 14.8. The summed E-state index contributed by atoms with van der Waals surface area (Å²) in [6.45, 7) is 6.05. The molecule has 106 valence electrons. The Morgan fingerprint density at radius 1 is 1.32 bits per heavy atom. The van der Waals surface area contributed by atoms with Crippen molar-refractivity contribution in [2.75, 3.05) is 5.73 Å². The van der Waals surface area contributed by atoms with Crippen molar-refractivity contribution in [1.29, 1.82) is 0 Å². The first-order valence-electron chi connectivity index (χ1n) is 6.10. The quantitative estimate of drug-likeness (QED) is 0.618. The number of benzene rings is 1. The maximum Gasteiger partial charge on any atom is 0.306 e. The van der Waals surface area contributed by atoms with Crippen LogP contribution in [-0.2, 0) is 10.2 Å². The molecule has 0 heterocycles. The van der Waals surface area contributed by atoms with Gasteiger partial charge in [0.05, 0.1) is 12.5 Å². The maximum absolute atomic E-state index is 10.6. The first kappa shape index (κ1) is 15.5. The van der Waals surface area contributed by atoms with Gasteiger partial charge < -0.3 is 21.1 Å². The van der Waals surface area contributed by atoms with E-state index < -0.39 is 24.6 Å². The number of hydrogen-bond acceptors (Lipinski definition) is 4. The van der Waals surface area contributed by atoms with E-state index in [0.717, 1.165) is 5.56 Å². The molecule has 0 aliphatic carbocycles. The fourth-order valence-electron chi connectivity index (χ4n) is 1.80. The summed E-state index contributed by atoms with van der Waals surface area (Å²) in [7, 11) is 0. The highest BCUT2D eigenvalue weighted by Crippen LogP contribution is 2.30. The fourth-order valence-corrected chi connectivity index (χ4v) is 1.80. The minimum Gasteiger partial charge on any atom is -0.481 e. The number of nitrogen functional groups attached to an aromatic ring is 1. The molecule has 0 saturated carbocycles. The van der Waals surface area contributed by atoms with E-state index in [1.807, 2.05) is 26.8 Å². The van der Waals surface area contributed by atoms with Crippen molar-refractivity contribution >= 4 is 11.7 Å². The van der Waals surface area contributed by atoms with Crippen LogP contribution in [0.5, 0.6) is 0 Å². The standard InChI is InChI=1S/C14H21NO4/c1-14(2,3)8-4-5-10(15)9(6-8)13(19)11(16)7-12(17)18/h4-6,11,13,16,19H,7,15H2,1-3H3,(H,17,18). The van der Waals surface area contributed by atoms with Gasteiger partial charge in [-0.05, 0) is 17.0 Å². The first-order valence-corrected chi connectivity index (χ1v) is 6.10. The Balaban J connectivity index is 3.08. The smallest absolute Gasteiger partial charge is 0.306 e. The largest absolute Gasteiger partial charge is 0.481 e. The summed E-state index contributed by atoms with van der Waals surface area (Å²) in [6, 6.07) is 5.23. The van der Waals surface area contributed by atoms with Crippen LogP contribution in [0.4, 0.5) is 5.69 Å². The molecule has 0 amide bonds. The van der Waals surface area contributed by atoms with E-state index in [4.69, 9.17) is 10.8 Å². The summed E-state index contributed by atoms with van der Waals surface area (Å²) in [5, 5.41) is 28.3. The van der Waals surface area contributed by atoms with Gasteiger partial charge in [-0.3, -0.25) is 4.79 Å². The second-order valence-corrected chi connectivity index (χ2v) is 5.70. The minimum atomic E-state index is -1.38. The molecular formula is C14H21NO4. The molecule has 0 bridgehead atoms. The van der Waals surface area contributed by atoms with Gasteiger partial charge in [-0.25, -0.2) is 0 Å². The van der Waals surface area contributed by atoms with Crippen molar-refractivity contribution in [2.24, 2.45) is 0 Å². The number of carboxylic acids is 1. The lowest BCUT2D eigenvalue weighted by molar-refractivity contribution is -0.141. The molecule has 0 aliphatic rings. The number of aliphatic hydroxyl groups excluding tert-OH is 2. The summed E-state index contributed by atoms with van der Waals surface area (Å²) in [4.78, 5) is 10.6. The van der Waals surface area contributed by atoms with Crippen LogP contribution >= 0.6 is 0 Å². The molecule has 1 aromatic rings. The normalized spacial score (nSPS) is 15.0. The lowest BCUT2D eigenvalue weighted by Crippen LogP contribution is -2.23. The van der Waals surface area contributed by atoms with Crippen molar-refractivity contribution < 1.29 is 20.1 Å². The van der Waals surface area contributed by atoms with Gasteiger partial charge in [0, 0.05) is 11.3 Å². The van der Waals surface area contributed by atoms with E-state index in [9.17, 15) is 15.0 Å². The molecule has 1 rings (SSSR count). The van der Waals surface area contributed by atoms with Crippen molar-refractivity contribution in [2.45, 2.75) is 44.8 Å². The van der Waals surface area contributed by atoms with E-state index in [1.54, 1.807) is 12.1 Å². The number of rotatable bonds is 4. The molecule has 0 aliphatic heterocycles. The number of anilines is 1. The molecule has 0 spiro atoms. The molecule has 19 heavy (non-hydrogen) atoms. The van der Waals surface area contributed by atoms with Crippen LogP contribution in [0.25, 0.3) is 0 Å². The van der Waals surface area contributed by atoms with E-state index >= 15 is 0 Å². The molecule has 5 N–H and O–H groups in total. The van der Waals surface area contributed by atoms with Crippen molar-refractivity contribution in [3.05, 3.63) is 29.3 Å². The predicted octanol–water partition coefficient (Wildman–Crippen LogP) is 1.44. The molecule has 5 nitrogen and oxygen atoms in total. The van der Waals surface area contributed by atoms with Crippen LogP contribution < -0.4 is 5.73 Å². The zero-order valence-electron chi connectivity index (χ0n) is 11.4. The molecule has 0 fully saturated rings. The second-order valence-electron chi connectivity index (χ2n) is 5.70. The third kappa shape index (κ3) is 3.94. The molecule has 2 unspecified atom stereocenters. The lowest BCUT2D eigenvalue weighted by atomic mass is 9.84. The third-order valence-electron chi connectivity index (χ3n) is 3.02. The van der Waals surface area contributed by atoms with Gasteiger partial charge in [0.2, 0.25) is 0 Å². The molecule has 5 heteroatoms. The van der Waals surface area contributed by atoms with Gasteiger partial charge in [-0.1, -0.05) is 32.9 Å². The van der Waals surface area contributed by atoms with E-state index in [1.165, 1.54) is 0 Å². The predicted molar refractivity (Wildman–Crippen MR) is 72.8 cm³/mol. The summed E-state index contributed by atoms with van der Waals surface area (Å²) in [6.07, 6.45) is -3.21. The van der Waals surface area contributed by atoms with Crippen molar-refractivity contribution in [1.82, 2.24) is 0 Å². The monoisotopic (exact) mass is 267 g/mol. The Kier molecular flexibility index (Phi) is 4.55. The molecule has 2 atom stereocenters. The number of nitrogens with two attached hydrogens (primary N) is 1. The topological polar surface area (TPSA) is 104 Å². The van der Waals surface area contributed by atoms with Gasteiger partial charge in [-0.2, -0.15) is 0 Å². The van der Waals surface area contributed by atoms with E-state index in [0.29, 0.717) is 11.3 Å². The minimum absolute atomic E-state index is 0.125. The van der Waals surface area contributed by atoms with Crippen LogP contribution in [0, 0.1) is 0 Å². The third-order valence-corrected chi connectivity index (χ3v) is 3.02. The summed E-state index contributed by atoms with van der Waals surface area (Å²) in [5.41, 5.74) is 7.32. The summed E-state index contributed by atoms with van der Waals surface area (Å²) >= 11 is 0. The van der Waals surface area contributed by atoms with Gasteiger partial charge in [-0.15, -0.1) is 0 Å². The van der Waals surface area contributed by atoms with Gasteiger partial charge in [0.15, 0.2) is 0 Å². The number of aliphatic hydroxyl groups is 2. The summed E-state index contributed by atoms with van der Waals surface area (Å²) in [5.74, 6) is -1.17. The van der Waals surface area contributed by atoms with Gasteiger partial charge in [0.1, 0.15) is 6.10 Å². The number of hydrogen-bond donors (Lipinski definition) is 4. The number of aliphatic carboxylic acids is 1. The van der Waals surface area contributed by atoms with Crippen LogP contribution in [0.3, 0.4) is 0 Å². The highest BCUT2D eigenvalue weighted by atomic mass is 16.4. The number of carboxylic acid groups (broad SMARTS) is 1. The molecular weight excluding hydrogens is 246 g/mol. The Labute approximate surface area is 112 Å². The van der Waals surface area contributed by atoms with Crippen LogP contribution in [0.1, 0.15) is 44.4 Å². The zero-order valence-corrected chi connectivity index (χ0v) is 11.4. The van der Waals surface area contributed by atoms with Gasteiger partial charge >= 0.3 is 5.97 Å². The SMILES string of the molecule is CC(C)(C)c1ccc(N)c(C(O)C(O)CC(=O)O)c1. The molecule has 0 saturated heterocycles. The maximum atomic E-state index is 10.6. The first-order chi connectivity index (χ1) is 8.62. The second kappa shape index (κ2) is 5.59. The number of carbonyl (C=O) groups is 1. The van der Waals surface area contributed by atoms with Crippen molar-refractivity contribution in [3.8, 4) is 0 Å². The average molecular weight is 267 g/mol. The average Bonchev–Trinajstić information content (AvgIpc) is 2.26. The molecule has 0 radical (unpaired) electrons. The highest BCUT2D eigenvalue weighted by Gasteiger charge is 2.24. The Hall–Kier alpha value is -1.59. The van der Waals surface area contributed by atoms with Gasteiger partial charge in [0.25, 0.3) is 0 Å². The molecule has 0 aromatic heterocycles. The van der Waals surface area contributed by atoms with Crippen LogP contribution in [-0.4, -0.2) is 27.4 Å². The van der Waals surface area contributed by atoms with Crippen LogP contribution in [0.15, 0.2) is 18.2 Å². The highest BCUT2D eigenvalue weighted by molar-refractivity contribution is 5.67. The van der Waals surface area contributed by atoms with E-state index in [2.05, 4.69) is 0 Å². The Bertz CT molecular complexity index is 465. The summed E-state index contributed by atoms with van der Waals surface area (Å²) < 4.78 is 0. The van der Waals surface area contributed by atoms with Crippen molar-refractivity contribution in [3.63, 3.8) is 0 Å². The van der Waals surface area contributed by atoms with E-state index in [-0.39, 0.29) is 5.41 Å². The Morgan fingerprint density at radius 3 is 2.37 bits per heavy atom. The Morgan fingerprint density at radius 2 is 1.89 bits per heavy atom. The fraction of sp³-hybridized carbons (Fsp3) is 0.500.